The summed E-state index contributed by atoms with van der Waals surface area (Å²) < 4.78 is 4.63. The second kappa shape index (κ2) is 7.50. The predicted octanol–water partition coefficient (Wildman–Crippen LogP) is 0.179. The van der Waals surface area contributed by atoms with Gasteiger partial charge in [-0.15, -0.1) is 0 Å². The summed E-state index contributed by atoms with van der Waals surface area (Å²) in [5.74, 6) is 3.90. The van der Waals surface area contributed by atoms with Gasteiger partial charge in [0.15, 0.2) is 0 Å². The molecule has 0 spiro atoms. The maximum absolute atomic E-state index is 10.8. The van der Waals surface area contributed by atoms with Gasteiger partial charge >= 0.3 is 5.97 Å². The van der Waals surface area contributed by atoms with Crippen molar-refractivity contribution < 1.29 is 19.2 Å². The summed E-state index contributed by atoms with van der Waals surface area (Å²) in [7, 11) is 0. The quantitative estimate of drug-likeness (QED) is 0.162. The molecule has 0 rings (SSSR count). The van der Waals surface area contributed by atoms with Gasteiger partial charge in [0.1, 0.15) is 18.8 Å². The lowest BCUT2D eigenvalue weighted by Crippen LogP contribution is -2.09. The molecule has 0 fully saturated rings. The molecule has 0 N–H and O–H groups in total. The van der Waals surface area contributed by atoms with Crippen LogP contribution in [0, 0.1) is 22.0 Å². The molecule has 6 nitrogen and oxygen atoms in total. The van der Waals surface area contributed by atoms with E-state index in [4.69, 9.17) is 0 Å². The standard InChI is InChI=1S/C9H11NO5/c1-8(11)7-9(12)15-6-4-2-3-5-10(13)14/h4-7H2,1H3. The lowest BCUT2D eigenvalue weighted by molar-refractivity contribution is -0.466. The monoisotopic (exact) mass is 213 g/mol. The van der Waals surface area contributed by atoms with Crippen LogP contribution in [0.1, 0.15) is 19.8 Å². The van der Waals surface area contributed by atoms with E-state index in [0.29, 0.717) is 0 Å². The SMILES string of the molecule is CC(=O)CC(=O)OCCC#CC[N+](=O)[O-]. The third-order valence-corrected chi connectivity index (χ3v) is 1.22. The normalized spacial score (nSPS) is 8.60. The number of ketones is 1. The zero-order valence-electron chi connectivity index (χ0n) is 8.32. The van der Waals surface area contributed by atoms with Crippen LogP contribution in [0.25, 0.3) is 0 Å². The first-order chi connectivity index (χ1) is 7.02. The van der Waals surface area contributed by atoms with Crippen molar-refractivity contribution in [3.8, 4) is 11.8 Å². The van der Waals surface area contributed by atoms with Crippen LogP contribution in [0.15, 0.2) is 0 Å². The Morgan fingerprint density at radius 1 is 1.40 bits per heavy atom. The topological polar surface area (TPSA) is 86.5 Å². The van der Waals surface area contributed by atoms with Crippen molar-refractivity contribution in [2.24, 2.45) is 0 Å². The van der Waals surface area contributed by atoms with Gasteiger partial charge in [-0.3, -0.25) is 19.7 Å². The fraction of sp³-hybridized carbons (Fsp3) is 0.556. The summed E-state index contributed by atoms with van der Waals surface area (Å²) in [6.07, 6.45) is -0.0141. The second-order valence-corrected chi connectivity index (χ2v) is 2.69. The van der Waals surface area contributed by atoms with E-state index in [1.54, 1.807) is 0 Å². The third-order valence-electron chi connectivity index (χ3n) is 1.22. The summed E-state index contributed by atoms with van der Waals surface area (Å²) in [5, 5.41) is 9.84. The van der Waals surface area contributed by atoms with Gasteiger partial charge in [0.25, 0.3) is 6.54 Å². The van der Waals surface area contributed by atoms with E-state index in [0.717, 1.165) is 0 Å². The van der Waals surface area contributed by atoms with E-state index < -0.39 is 17.4 Å². The molecular formula is C9H11NO5. The Bertz CT molecular complexity index is 312. The minimum absolute atomic E-state index is 0.0524. The first-order valence-corrected chi connectivity index (χ1v) is 4.25. The van der Waals surface area contributed by atoms with Crippen molar-refractivity contribution in [3.63, 3.8) is 0 Å². The largest absolute Gasteiger partial charge is 0.464 e. The van der Waals surface area contributed by atoms with Crippen molar-refractivity contribution in [1.82, 2.24) is 0 Å². The fourth-order valence-corrected chi connectivity index (χ4v) is 0.679. The number of nitro groups is 1. The summed E-state index contributed by atoms with van der Waals surface area (Å²) in [6.45, 7) is 0.927. The minimum Gasteiger partial charge on any atom is -0.464 e. The minimum atomic E-state index is -0.599. The molecule has 0 atom stereocenters. The zero-order valence-corrected chi connectivity index (χ0v) is 8.32. The van der Waals surface area contributed by atoms with Crippen molar-refractivity contribution in [2.75, 3.05) is 13.2 Å². The highest BCUT2D eigenvalue weighted by Crippen LogP contribution is 1.89. The summed E-state index contributed by atoms with van der Waals surface area (Å²) in [4.78, 5) is 30.6. The molecule has 0 radical (unpaired) electrons. The van der Waals surface area contributed by atoms with Crippen LogP contribution in [0.4, 0.5) is 0 Å². The zero-order chi connectivity index (χ0) is 11.7. The molecule has 0 amide bonds. The molecule has 0 aromatic rings. The van der Waals surface area contributed by atoms with Gasteiger partial charge in [0.05, 0.1) is 0 Å². The predicted molar refractivity (Wildman–Crippen MR) is 50.5 cm³/mol. The van der Waals surface area contributed by atoms with E-state index in [2.05, 4.69) is 16.6 Å². The molecule has 15 heavy (non-hydrogen) atoms. The van der Waals surface area contributed by atoms with Crippen molar-refractivity contribution in [3.05, 3.63) is 10.1 Å². The molecule has 0 bridgehead atoms. The van der Waals surface area contributed by atoms with Gasteiger partial charge in [-0.1, -0.05) is 5.92 Å². The van der Waals surface area contributed by atoms with Crippen molar-refractivity contribution in [1.29, 1.82) is 0 Å². The van der Waals surface area contributed by atoms with Crippen LogP contribution in [0.5, 0.6) is 0 Å². The lowest BCUT2D eigenvalue weighted by Gasteiger charge is -1.98. The summed E-state index contributed by atoms with van der Waals surface area (Å²) in [5.41, 5.74) is 0. The Morgan fingerprint density at radius 2 is 2.07 bits per heavy atom. The van der Waals surface area contributed by atoms with Crippen molar-refractivity contribution >= 4 is 11.8 Å². The third kappa shape index (κ3) is 10.0. The number of esters is 1. The molecule has 0 aliphatic rings. The Morgan fingerprint density at radius 3 is 2.60 bits per heavy atom. The molecule has 82 valence electrons. The molecule has 0 heterocycles. The van der Waals surface area contributed by atoms with Gasteiger partial charge in [-0.05, 0) is 12.8 Å². The molecule has 0 aliphatic carbocycles. The maximum Gasteiger partial charge on any atom is 0.313 e. The number of ether oxygens (including phenoxy) is 1. The number of Topliss-reactive ketones (excluding diaryl/α,β-unsaturated/α-hetero) is 1. The number of hydrogen-bond donors (Lipinski definition) is 0. The maximum atomic E-state index is 10.8. The Kier molecular flexibility index (Phi) is 6.55. The van der Waals surface area contributed by atoms with Gasteiger partial charge in [-0.2, -0.15) is 0 Å². The highest BCUT2D eigenvalue weighted by atomic mass is 16.6. The van der Waals surface area contributed by atoms with Crippen LogP contribution < -0.4 is 0 Å². The number of carbonyl (C=O) groups excluding carboxylic acids is 2. The van der Waals surface area contributed by atoms with Crippen LogP contribution in [-0.4, -0.2) is 29.8 Å². The van der Waals surface area contributed by atoms with E-state index in [-0.39, 0.29) is 25.2 Å². The molecular weight excluding hydrogens is 202 g/mol. The lowest BCUT2D eigenvalue weighted by atomic mass is 10.3. The Labute approximate surface area is 86.7 Å². The number of carbonyl (C=O) groups is 2. The molecule has 0 saturated carbocycles. The first-order valence-electron chi connectivity index (χ1n) is 4.25. The molecule has 0 unspecified atom stereocenters. The van der Waals surface area contributed by atoms with E-state index >= 15 is 0 Å². The molecule has 6 heteroatoms. The highest BCUT2D eigenvalue weighted by Gasteiger charge is 2.04. The van der Waals surface area contributed by atoms with Crippen molar-refractivity contribution in [2.45, 2.75) is 19.8 Å². The van der Waals surface area contributed by atoms with E-state index in [1.165, 1.54) is 6.92 Å². The van der Waals surface area contributed by atoms with Crippen LogP contribution in [0.2, 0.25) is 0 Å². The molecule has 0 aliphatic heterocycles. The fourth-order valence-electron chi connectivity index (χ4n) is 0.679. The number of rotatable bonds is 5. The Hall–Kier alpha value is -1.90. The smallest absolute Gasteiger partial charge is 0.313 e. The van der Waals surface area contributed by atoms with Gasteiger partial charge < -0.3 is 4.74 Å². The van der Waals surface area contributed by atoms with Gasteiger partial charge in [0, 0.05) is 11.3 Å². The van der Waals surface area contributed by atoms with E-state index in [1.807, 2.05) is 0 Å². The number of hydrogen-bond acceptors (Lipinski definition) is 5. The molecule has 0 aromatic heterocycles. The summed E-state index contributed by atoms with van der Waals surface area (Å²) in [6, 6.07) is 0. The second-order valence-electron chi connectivity index (χ2n) is 2.69. The Balaban J connectivity index is 3.52. The summed E-state index contributed by atoms with van der Waals surface area (Å²) >= 11 is 0. The average molecular weight is 213 g/mol. The van der Waals surface area contributed by atoms with E-state index in [9.17, 15) is 19.7 Å². The molecule has 0 saturated heterocycles. The van der Waals surface area contributed by atoms with Gasteiger partial charge in [0.2, 0.25) is 0 Å². The van der Waals surface area contributed by atoms with Gasteiger partial charge in [-0.25, -0.2) is 0 Å². The first kappa shape index (κ1) is 13.1. The average Bonchev–Trinajstić information content (AvgIpc) is 2.09. The molecule has 0 aromatic carbocycles. The van der Waals surface area contributed by atoms with Crippen LogP contribution >= 0.6 is 0 Å². The number of nitrogens with zero attached hydrogens (tertiary/aromatic N) is 1. The highest BCUT2D eigenvalue weighted by molar-refractivity contribution is 5.94. The van der Waals surface area contributed by atoms with Crippen LogP contribution in [0.3, 0.4) is 0 Å². The van der Waals surface area contributed by atoms with Crippen LogP contribution in [-0.2, 0) is 14.3 Å².